The topological polar surface area (TPSA) is 56.7 Å². The molecule has 0 amide bonds. The molecule has 2 aromatic heterocycles. The van der Waals surface area contributed by atoms with Crippen LogP contribution in [0.1, 0.15) is 23.0 Å². The highest BCUT2D eigenvalue weighted by Crippen LogP contribution is 2.17. The monoisotopic (exact) mass is 216 g/mol. The van der Waals surface area contributed by atoms with Crippen molar-refractivity contribution < 1.29 is 0 Å². The average molecular weight is 216 g/mol. The van der Waals surface area contributed by atoms with Gasteiger partial charge in [0.25, 0.3) is 0 Å². The zero-order valence-electron chi connectivity index (χ0n) is 9.59. The first-order chi connectivity index (χ1) is 7.66. The number of aryl methyl sites for hydroxylation is 2. The molecule has 0 bridgehead atoms. The Morgan fingerprint density at radius 1 is 1.44 bits per heavy atom. The molecule has 0 saturated heterocycles. The van der Waals surface area contributed by atoms with E-state index < -0.39 is 0 Å². The van der Waals surface area contributed by atoms with Gasteiger partial charge in [0, 0.05) is 43.2 Å². The van der Waals surface area contributed by atoms with Crippen molar-refractivity contribution in [3.8, 4) is 0 Å². The van der Waals surface area contributed by atoms with E-state index in [2.05, 4.69) is 10.1 Å². The summed E-state index contributed by atoms with van der Waals surface area (Å²) in [5, 5.41) is 4.29. The fraction of sp³-hybridized carbons (Fsp3) is 0.333. The lowest BCUT2D eigenvalue weighted by Crippen LogP contribution is -2.14. The van der Waals surface area contributed by atoms with Gasteiger partial charge in [0.05, 0.1) is 5.69 Å². The minimum atomic E-state index is -0.0383. The molecule has 2 rings (SSSR count). The molecular formula is C12H16N4. The number of hydrogen-bond donors (Lipinski definition) is 1. The normalized spacial score (nSPS) is 12.7. The van der Waals surface area contributed by atoms with Gasteiger partial charge in [0.1, 0.15) is 0 Å². The predicted molar refractivity (Wildman–Crippen MR) is 62.8 cm³/mol. The van der Waals surface area contributed by atoms with E-state index in [0.29, 0.717) is 0 Å². The SMILES string of the molecule is Cc1nn(C)cc1C(N)Cc1ccccn1. The van der Waals surface area contributed by atoms with E-state index in [-0.39, 0.29) is 6.04 Å². The highest BCUT2D eigenvalue weighted by Gasteiger charge is 2.13. The smallest absolute Gasteiger partial charge is 0.0641 e. The Morgan fingerprint density at radius 2 is 2.25 bits per heavy atom. The van der Waals surface area contributed by atoms with Gasteiger partial charge in [-0.3, -0.25) is 9.67 Å². The second-order valence-electron chi connectivity index (χ2n) is 3.98. The molecule has 84 valence electrons. The fourth-order valence-electron chi connectivity index (χ4n) is 1.84. The van der Waals surface area contributed by atoms with Crippen LogP contribution in [0.25, 0.3) is 0 Å². The van der Waals surface area contributed by atoms with Crippen LogP contribution in [0.3, 0.4) is 0 Å². The quantitative estimate of drug-likeness (QED) is 0.843. The van der Waals surface area contributed by atoms with Gasteiger partial charge in [-0.2, -0.15) is 5.10 Å². The number of pyridine rings is 1. The van der Waals surface area contributed by atoms with Crippen molar-refractivity contribution in [1.82, 2.24) is 14.8 Å². The summed E-state index contributed by atoms with van der Waals surface area (Å²) in [5.41, 5.74) is 9.24. The van der Waals surface area contributed by atoms with Crippen molar-refractivity contribution in [2.24, 2.45) is 12.8 Å². The first-order valence-electron chi connectivity index (χ1n) is 5.32. The zero-order chi connectivity index (χ0) is 11.5. The van der Waals surface area contributed by atoms with E-state index >= 15 is 0 Å². The second-order valence-corrected chi connectivity index (χ2v) is 3.98. The summed E-state index contributed by atoms with van der Waals surface area (Å²) in [6, 6.07) is 5.84. The van der Waals surface area contributed by atoms with E-state index in [1.807, 2.05) is 38.4 Å². The molecular weight excluding hydrogens is 200 g/mol. The molecule has 0 aliphatic carbocycles. The van der Waals surface area contributed by atoms with Crippen LogP contribution in [0, 0.1) is 6.92 Å². The summed E-state index contributed by atoms with van der Waals surface area (Å²) in [7, 11) is 1.91. The van der Waals surface area contributed by atoms with Crippen molar-refractivity contribution >= 4 is 0 Å². The van der Waals surface area contributed by atoms with E-state index in [0.717, 1.165) is 23.4 Å². The molecule has 4 heteroatoms. The minimum absolute atomic E-state index is 0.0383. The van der Waals surface area contributed by atoms with Crippen molar-refractivity contribution in [1.29, 1.82) is 0 Å². The summed E-state index contributed by atoms with van der Waals surface area (Å²) in [5.74, 6) is 0. The van der Waals surface area contributed by atoms with Crippen molar-refractivity contribution in [2.45, 2.75) is 19.4 Å². The third-order valence-corrected chi connectivity index (χ3v) is 2.61. The predicted octanol–water partition coefficient (Wildman–Crippen LogP) is 1.37. The van der Waals surface area contributed by atoms with Gasteiger partial charge < -0.3 is 5.73 Å². The van der Waals surface area contributed by atoms with Gasteiger partial charge in [-0.25, -0.2) is 0 Å². The Bertz CT molecular complexity index is 461. The van der Waals surface area contributed by atoms with Crippen LogP contribution < -0.4 is 5.73 Å². The molecule has 0 aliphatic rings. The molecule has 0 fully saturated rings. The van der Waals surface area contributed by atoms with Gasteiger partial charge in [0.2, 0.25) is 0 Å². The minimum Gasteiger partial charge on any atom is -0.324 e. The molecule has 2 heterocycles. The Morgan fingerprint density at radius 3 is 2.81 bits per heavy atom. The van der Waals surface area contributed by atoms with E-state index in [9.17, 15) is 0 Å². The third kappa shape index (κ3) is 2.28. The maximum Gasteiger partial charge on any atom is 0.0641 e. The van der Waals surface area contributed by atoms with E-state index in [1.165, 1.54) is 0 Å². The van der Waals surface area contributed by atoms with Crippen molar-refractivity contribution in [3.05, 3.63) is 47.5 Å². The summed E-state index contributed by atoms with van der Waals surface area (Å²) in [6.07, 6.45) is 4.51. The molecule has 2 aromatic rings. The summed E-state index contributed by atoms with van der Waals surface area (Å²) in [4.78, 5) is 4.27. The number of rotatable bonds is 3. The lowest BCUT2D eigenvalue weighted by atomic mass is 10.0. The number of nitrogens with zero attached hydrogens (tertiary/aromatic N) is 3. The highest BCUT2D eigenvalue weighted by molar-refractivity contribution is 5.21. The molecule has 0 spiro atoms. The van der Waals surface area contributed by atoms with E-state index in [1.54, 1.807) is 10.9 Å². The van der Waals surface area contributed by atoms with Crippen LogP contribution in [0.5, 0.6) is 0 Å². The van der Waals surface area contributed by atoms with Crippen LogP contribution in [-0.4, -0.2) is 14.8 Å². The van der Waals surface area contributed by atoms with Gasteiger partial charge >= 0.3 is 0 Å². The van der Waals surface area contributed by atoms with E-state index in [4.69, 9.17) is 5.73 Å². The maximum atomic E-state index is 6.15. The maximum absolute atomic E-state index is 6.15. The van der Waals surface area contributed by atoms with Crippen LogP contribution in [0.15, 0.2) is 30.6 Å². The molecule has 1 unspecified atom stereocenters. The molecule has 16 heavy (non-hydrogen) atoms. The second kappa shape index (κ2) is 4.45. The van der Waals surface area contributed by atoms with Gasteiger partial charge in [-0.05, 0) is 19.1 Å². The van der Waals surface area contributed by atoms with Crippen LogP contribution in [0.4, 0.5) is 0 Å². The summed E-state index contributed by atoms with van der Waals surface area (Å²) >= 11 is 0. The van der Waals surface area contributed by atoms with Crippen molar-refractivity contribution in [3.63, 3.8) is 0 Å². The van der Waals surface area contributed by atoms with Crippen LogP contribution in [-0.2, 0) is 13.5 Å². The molecule has 2 N–H and O–H groups in total. The third-order valence-electron chi connectivity index (χ3n) is 2.61. The first-order valence-corrected chi connectivity index (χ1v) is 5.32. The van der Waals surface area contributed by atoms with Gasteiger partial charge in [-0.15, -0.1) is 0 Å². The number of aromatic nitrogens is 3. The van der Waals surface area contributed by atoms with Crippen molar-refractivity contribution in [2.75, 3.05) is 0 Å². The molecule has 1 atom stereocenters. The number of hydrogen-bond acceptors (Lipinski definition) is 3. The standard InChI is InChI=1S/C12H16N4/c1-9-11(8-16(2)15-9)12(13)7-10-5-3-4-6-14-10/h3-6,8,12H,7,13H2,1-2H3. The molecule has 0 aliphatic heterocycles. The summed E-state index contributed by atoms with van der Waals surface area (Å²) < 4.78 is 1.79. The Labute approximate surface area is 95.1 Å². The Hall–Kier alpha value is -1.68. The molecule has 4 nitrogen and oxygen atoms in total. The van der Waals surface area contributed by atoms with Crippen LogP contribution >= 0.6 is 0 Å². The van der Waals surface area contributed by atoms with Gasteiger partial charge in [0.15, 0.2) is 0 Å². The fourth-order valence-corrected chi connectivity index (χ4v) is 1.84. The largest absolute Gasteiger partial charge is 0.324 e. The number of nitrogens with two attached hydrogens (primary N) is 1. The summed E-state index contributed by atoms with van der Waals surface area (Å²) in [6.45, 7) is 1.98. The van der Waals surface area contributed by atoms with Crippen LogP contribution in [0.2, 0.25) is 0 Å². The zero-order valence-corrected chi connectivity index (χ0v) is 9.59. The Balaban J connectivity index is 2.14. The molecule has 0 aromatic carbocycles. The van der Waals surface area contributed by atoms with Gasteiger partial charge in [-0.1, -0.05) is 6.07 Å². The molecule has 0 radical (unpaired) electrons. The molecule has 0 saturated carbocycles. The lowest BCUT2D eigenvalue weighted by Gasteiger charge is -2.09. The average Bonchev–Trinajstić information content (AvgIpc) is 2.59. The highest BCUT2D eigenvalue weighted by atomic mass is 15.2. The lowest BCUT2D eigenvalue weighted by molar-refractivity contribution is 0.701. The Kier molecular flexibility index (Phi) is 3.01. The first kappa shape index (κ1) is 10.8.